The summed E-state index contributed by atoms with van der Waals surface area (Å²) < 4.78 is 19.4. The number of piperidine rings is 1. The summed E-state index contributed by atoms with van der Waals surface area (Å²) in [5, 5.41) is 45.1. The molecule has 214 valence electrons. The van der Waals surface area contributed by atoms with Crippen LogP contribution >= 0.6 is 0 Å². The molecule has 0 radical (unpaired) electrons. The second kappa shape index (κ2) is 12.9. The average molecular weight is 558 g/mol. The van der Waals surface area contributed by atoms with Gasteiger partial charge in [-0.15, -0.1) is 6.42 Å². The van der Waals surface area contributed by atoms with Gasteiger partial charge in [0.15, 0.2) is 5.60 Å². The van der Waals surface area contributed by atoms with Crippen LogP contribution in [0.2, 0.25) is 0 Å². The highest BCUT2D eigenvalue weighted by molar-refractivity contribution is 5.88. The molecule has 2 aromatic carbocycles. The summed E-state index contributed by atoms with van der Waals surface area (Å²) in [5.74, 6) is -1.98. The molecule has 40 heavy (non-hydrogen) atoms. The Labute approximate surface area is 230 Å². The molecule has 0 aliphatic carbocycles. The van der Waals surface area contributed by atoms with E-state index in [0.717, 1.165) is 30.7 Å². The number of benzene rings is 2. The molecule has 2 unspecified atom stereocenters. The number of nitrogens with zero attached hydrogens (tertiary/aromatic N) is 1. The normalized spacial score (nSPS) is 21.9. The van der Waals surface area contributed by atoms with Crippen LogP contribution in [0.1, 0.15) is 49.7 Å². The third-order valence-corrected chi connectivity index (χ3v) is 7.20. The predicted octanol–water partition coefficient (Wildman–Crippen LogP) is 2.60. The van der Waals surface area contributed by atoms with Gasteiger partial charge in [0.1, 0.15) is 18.2 Å². The first kappa shape index (κ1) is 30.6. The Morgan fingerprint density at radius 2 is 1.62 bits per heavy atom. The third-order valence-electron chi connectivity index (χ3n) is 7.20. The van der Waals surface area contributed by atoms with Crippen LogP contribution in [0.15, 0.2) is 48.5 Å². The van der Waals surface area contributed by atoms with E-state index in [1.165, 1.54) is 12.1 Å². The van der Waals surface area contributed by atoms with Crippen LogP contribution < -0.4 is 4.74 Å². The van der Waals surface area contributed by atoms with Crippen LogP contribution in [0, 0.1) is 18.2 Å². The number of halogens is 1. The van der Waals surface area contributed by atoms with Gasteiger partial charge in [-0.25, -0.2) is 9.18 Å². The number of carboxylic acid groups (broad SMARTS) is 3. The van der Waals surface area contributed by atoms with Gasteiger partial charge in [-0.05, 0) is 49.4 Å². The molecule has 5 N–H and O–H groups in total. The van der Waals surface area contributed by atoms with Gasteiger partial charge in [-0.2, -0.15) is 0 Å². The molecule has 4 rings (SSSR count). The van der Waals surface area contributed by atoms with Gasteiger partial charge >= 0.3 is 17.9 Å². The molecule has 0 spiro atoms. The van der Waals surface area contributed by atoms with Gasteiger partial charge in [0, 0.05) is 24.2 Å². The molecular formula is C29H32FNO9. The van der Waals surface area contributed by atoms with Crippen molar-refractivity contribution in [3.8, 4) is 18.1 Å². The van der Waals surface area contributed by atoms with Crippen molar-refractivity contribution in [3.63, 3.8) is 0 Å². The van der Waals surface area contributed by atoms with Gasteiger partial charge in [-0.3, -0.25) is 14.5 Å². The highest BCUT2D eigenvalue weighted by Gasteiger charge is 2.48. The fraction of sp³-hybridized carbons (Fsp3) is 0.414. The Hall–Kier alpha value is -3.98. The lowest BCUT2D eigenvalue weighted by Crippen LogP contribution is -2.49. The van der Waals surface area contributed by atoms with E-state index < -0.39 is 42.0 Å². The predicted molar refractivity (Wildman–Crippen MR) is 140 cm³/mol. The first-order valence-electron chi connectivity index (χ1n) is 12.6. The fourth-order valence-electron chi connectivity index (χ4n) is 5.39. The van der Waals surface area contributed by atoms with Crippen molar-refractivity contribution in [2.75, 3.05) is 6.61 Å². The zero-order valence-electron chi connectivity index (χ0n) is 21.7. The minimum Gasteiger partial charge on any atom is -0.481 e. The summed E-state index contributed by atoms with van der Waals surface area (Å²) in [6.45, 7) is 1.03. The number of fused-ring (bicyclic) bond motifs is 2. The number of rotatable bonds is 10. The average Bonchev–Trinajstić information content (AvgIpc) is 3.11. The van der Waals surface area contributed by atoms with Crippen LogP contribution in [-0.4, -0.2) is 72.6 Å². The summed E-state index contributed by atoms with van der Waals surface area (Å²) in [7, 11) is 0. The quantitative estimate of drug-likeness (QED) is 0.274. The zero-order valence-corrected chi connectivity index (χ0v) is 21.7. The number of terminal acetylenes is 1. The van der Waals surface area contributed by atoms with Crippen LogP contribution in [0.25, 0.3) is 0 Å². The minimum absolute atomic E-state index is 0.253. The van der Waals surface area contributed by atoms with E-state index in [2.05, 4.69) is 16.9 Å². The zero-order chi connectivity index (χ0) is 29.5. The number of carboxylic acids is 3. The summed E-state index contributed by atoms with van der Waals surface area (Å²) in [4.78, 5) is 32.9. The molecule has 11 heteroatoms. The van der Waals surface area contributed by atoms with Crippen LogP contribution in [-0.2, 0) is 26.5 Å². The number of hydrogen-bond donors (Lipinski definition) is 5. The van der Waals surface area contributed by atoms with Gasteiger partial charge in [0.05, 0.1) is 18.4 Å². The molecule has 10 nitrogen and oxygen atoms in total. The topological polar surface area (TPSA) is 165 Å². The monoisotopic (exact) mass is 557 g/mol. The second-order valence-electron chi connectivity index (χ2n) is 10.1. The number of aliphatic hydroxyl groups is 2. The molecule has 2 fully saturated rings. The SMILES string of the molecule is C#CCOc1ccccc1CN1C2CCC1CC(O)(c1cccc(F)c1)C2.O=C(O)CC(O)(CC(=O)O)C(=O)O. The Kier molecular flexibility index (Phi) is 9.87. The molecule has 2 aliphatic rings. The van der Waals surface area contributed by atoms with Gasteiger partial charge in [0.25, 0.3) is 0 Å². The van der Waals surface area contributed by atoms with Crippen molar-refractivity contribution < 1.29 is 49.0 Å². The van der Waals surface area contributed by atoms with Crippen molar-refractivity contribution in [2.45, 2.75) is 68.4 Å². The highest BCUT2D eigenvalue weighted by Crippen LogP contribution is 2.46. The Morgan fingerprint density at radius 3 is 2.15 bits per heavy atom. The Bertz CT molecular complexity index is 1240. The maximum atomic E-state index is 13.7. The number of carbonyl (C=O) groups is 3. The van der Waals surface area contributed by atoms with E-state index in [1.54, 1.807) is 6.07 Å². The Balaban J connectivity index is 0.000000289. The van der Waals surface area contributed by atoms with Gasteiger partial charge < -0.3 is 30.3 Å². The van der Waals surface area contributed by atoms with E-state index in [9.17, 15) is 23.9 Å². The lowest BCUT2D eigenvalue weighted by Gasteiger charge is -2.44. The number of ether oxygens (including phenoxy) is 1. The second-order valence-corrected chi connectivity index (χ2v) is 10.1. The summed E-state index contributed by atoms with van der Waals surface area (Å²) in [6.07, 6.45) is 6.39. The van der Waals surface area contributed by atoms with Crippen LogP contribution in [0.3, 0.4) is 0 Å². The molecule has 2 saturated heterocycles. The van der Waals surface area contributed by atoms with E-state index in [1.807, 2.05) is 24.3 Å². The number of para-hydroxylation sites is 1. The molecule has 0 amide bonds. The maximum Gasteiger partial charge on any atom is 0.336 e. The maximum absolute atomic E-state index is 13.7. The van der Waals surface area contributed by atoms with Crippen molar-refractivity contribution >= 4 is 17.9 Å². The molecule has 0 saturated carbocycles. The highest BCUT2D eigenvalue weighted by atomic mass is 19.1. The molecular weight excluding hydrogens is 525 g/mol. The van der Waals surface area contributed by atoms with Gasteiger partial charge in [-0.1, -0.05) is 36.3 Å². The molecule has 2 aromatic rings. The van der Waals surface area contributed by atoms with E-state index in [4.69, 9.17) is 31.6 Å². The standard InChI is InChI=1S/C23H24FNO2.C6H8O7/c1-2-12-27-22-9-4-3-6-17(22)16-25-20-10-11-21(25)15-23(26,14-20)18-7-5-8-19(24)13-18;7-3(8)1-6(13,5(11)12)2-4(9)10/h1,3-9,13,20-21,26H,10-12,14-16H2;13H,1-2H2,(H,7,8)(H,9,10)(H,11,12). The van der Waals surface area contributed by atoms with Crippen LogP contribution in [0.5, 0.6) is 5.75 Å². The number of hydrogen-bond acceptors (Lipinski definition) is 7. The lowest BCUT2D eigenvalue weighted by molar-refractivity contribution is -0.170. The van der Waals surface area contributed by atoms with Crippen molar-refractivity contribution in [3.05, 3.63) is 65.5 Å². The van der Waals surface area contributed by atoms with E-state index in [-0.39, 0.29) is 24.5 Å². The molecule has 2 heterocycles. The minimum atomic E-state index is -2.74. The van der Waals surface area contributed by atoms with Crippen molar-refractivity contribution in [1.29, 1.82) is 0 Å². The third kappa shape index (κ3) is 7.57. The van der Waals surface area contributed by atoms with Crippen LogP contribution in [0.4, 0.5) is 4.39 Å². The van der Waals surface area contributed by atoms with E-state index >= 15 is 0 Å². The largest absolute Gasteiger partial charge is 0.481 e. The summed E-state index contributed by atoms with van der Waals surface area (Å²) in [6, 6.07) is 14.9. The van der Waals surface area contributed by atoms with Crippen molar-refractivity contribution in [1.82, 2.24) is 4.90 Å². The van der Waals surface area contributed by atoms with Gasteiger partial charge in [0.2, 0.25) is 0 Å². The Morgan fingerprint density at radius 1 is 1.02 bits per heavy atom. The molecule has 0 aromatic heterocycles. The molecule has 2 atom stereocenters. The number of aliphatic carboxylic acids is 3. The lowest BCUT2D eigenvalue weighted by atomic mass is 9.80. The smallest absolute Gasteiger partial charge is 0.336 e. The summed E-state index contributed by atoms with van der Waals surface area (Å²) >= 11 is 0. The van der Waals surface area contributed by atoms with Crippen molar-refractivity contribution in [2.24, 2.45) is 0 Å². The fourth-order valence-corrected chi connectivity index (χ4v) is 5.39. The summed E-state index contributed by atoms with van der Waals surface area (Å²) in [5.41, 5.74) is -1.89. The molecule has 2 bridgehead atoms. The first-order valence-corrected chi connectivity index (χ1v) is 12.6. The van der Waals surface area contributed by atoms with E-state index in [0.29, 0.717) is 18.4 Å². The molecule has 2 aliphatic heterocycles. The first-order chi connectivity index (χ1) is 18.9.